The largest absolute Gasteiger partial charge is 0.277 e. The Kier molecular flexibility index (Phi) is 3.92. The van der Waals surface area contributed by atoms with Crippen molar-refractivity contribution in [2.45, 2.75) is 23.8 Å². The zero-order valence-electron chi connectivity index (χ0n) is 11.3. The Labute approximate surface area is 137 Å². The maximum absolute atomic E-state index is 12.5. The summed E-state index contributed by atoms with van der Waals surface area (Å²) in [4.78, 5) is 24.4. The number of carbonyl (C=O) groups excluding carboxylic acids is 2. The maximum Gasteiger partial charge on any atom is 0.244 e. The standard InChI is InChI=1S/C13H12Cl2N2O4S/c14-8-1-2-10(15)11(5-8)22(20,21)16-6-9(7-16)17-12(18)3-4-13(17)19/h1-2,5,9H,3-4,6-7H2. The van der Waals surface area contributed by atoms with Gasteiger partial charge in [-0.05, 0) is 18.2 Å². The van der Waals surface area contributed by atoms with Crippen LogP contribution in [0.25, 0.3) is 0 Å². The molecule has 2 aliphatic rings. The number of sulfonamides is 1. The number of likely N-dealkylation sites (tertiary alicyclic amines) is 1. The molecule has 0 saturated carbocycles. The van der Waals surface area contributed by atoms with Crippen LogP contribution in [0.5, 0.6) is 0 Å². The third kappa shape index (κ3) is 2.52. The van der Waals surface area contributed by atoms with E-state index in [1.807, 2.05) is 0 Å². The molecule has 0 N–H and O–H groups in total. The monoisotopic (exact) mass is 362 g/mol. The van der Waals surface area contributed by atoms with Gasteiger partial charge in [0.15, 0.2) is 0 Å². The van der Waals surface area contributed by atoms with Gasteiger partial charge in [0.1, 0.15) is 4.90 Å². The van der Waals surface area contributed by atoms with Crippen LogP contribution in [0.3, 0.4) is 0 Å². The van der Waals surface area contributed by atoms with E-state index in [1.54, 1.807) is 0 Å². The maximum atomic E-state index is 12.5. The zero-order valence-corrected chi connectivity index (χ0v) is 13.7. The minimum atomic E-state index is -3.79. The molecule has 1 aromatic rings. The summed E-state index contributed by atoms with van der Waals surface area (Å²) >= 11 is 11.8. The summed E-state index contributed by atoms with van der Waals surface area (Å²) in [6.45, 7) is 0.172. The Morgan fingerprint density at radius 2 is 1.64 bits per heavy atom. The van der Waals surface area contributed by atoms with Gasteiger partial charge in [0.25, 0.3) is 0 Å². The number of nitrogens with zero attached hydrogens (tertiary/aromatic N) is 2. The summed E-state index contributed by atoms with van der Waals surface area (Å²) in [5, 5.41) is 0.353. The van der Waals surface area contributed by atoms with Crippen LogP contribution in [-0.4, -0.2) is 48.6 Å². The van der Waals surface area contributed by atoms with E-state index in [9.17, 15) is 18.0 Å². The van der Waals surface area contributed by atoms with Crippen molar-refractivity contribution in [2.24, 2.45) is 0 Å². The Bertz CT molecular complexity index is 743. The minimum absolute atomic E-state index is 0.0702. The van der Waals surface area contributed by atoms with Crippen molar-refractivity contribution in [1.29, 1.82) is 0 Å². The summed E-state index contributed by atoms with van der Waals surface area (Å²) in [5.41, 5.74) is 0. The predicted octanol–water partition coefficient (Wildman–Crippen LogP) is 1.52. The molecule has 0 radical (unpaired) electrons. The predicted molar refractivity (Wildman–Crippen MR) is 80.1 cm³/mol. The van der Waals surface area contributed by atoms with Crippen LogP contribution in [0.15, 0.2) is 23.1 Å². The molecule has 0 unspecified atom stereocenters. The van der Waals surface area contributed by atoms with Crippen molar-refractivity contribution in [2.75, 3.05) is 13.1 Å². The first kappa shape index (κ1) is 15.7. The fourth-order valence-electron chi connectivity index (χ4n) is 2.59. The lowest BCUT2D eigenvalue weighted by molar-refractivity contribution is -0.143. The van der Waals surface area contributed by atoms with Gasteiger partial charge in [-0.3, -0.25) is 14.5 Å². The van der Waals surface area contributed by atoms with Crippen molar-refractivity contribution in [3.8, 4) is 0 Å². The van der Waals surface area contributed by atoms with E-state index in [0.717, 1.165) is 0 Å². The van der Waals surface area contributed by atoms with Crippen LogP contribution < -0.4 is 0 Å². The summed E-state index contributed by atoms with van der Waals surface area (Å²) in [6, 6.07) is 3.82. The number of hydrogen-bond donors (Lipinski definition) is 0. The van der Waals surface area contributed by atoms with Gasteiger partial charge < -0.3 is 0 Å². The second-order valence-electron chi connectivity index (χ2n) is 5.21. The third-order valence-corrected chi connectivity index (χ3v) is 6.34. The smallest absolute Gasteiger partial charge is 0.244 e. The quantitative estimate of drug-likeness (QED) is 0.763. The molecular weight excluding hydrogens is 351 g/mol. The molecule has 0 atom stereocenters. The Morgan fingerprint density at radius 1 is 1.05 bits per heavy atom. The molecule has 3 rings (SSSR count). The van der Waals surface area contributed by atoms with Crippen LogP contribution >= 0.6 is 23.2 Å². The molecule has 2 aliphatic heterocycles. The molecule has 2 saturated heterocycles. The molecule has 22 heavy (non-hydrogen) atoms. The van der Waals surface area contributed by atoms with Crippen LogP contribution in [0.4, 0.5) is 0 Å². The summed E-state index contributed by atoms with van der Waals surface area (Å²) in [7, 11) is -3.79. The average molecular weight is 363 g/mol. The summed E-state index contributed by atoms with van der Waals surface area (Å²) in [6.07, 6.45) is 0.393. The molecule has 0 aromatic heterocycles. The highest BCUT2D eigenvalue weighted by molar-refractivity contribution is 7.89. The van der Waals surface area contributed by atoms with Gasteiger partial charge in [-0.15, -0.1) is 0 Å². The number of carbonyl (C=O) groups is 2. The summed E-state index contributed by atoms with van der Waals surface area (Å²) < 4.78 is 26.2. The molecule has 0 aliphatic carbocycles. The van der Waals surface area contributed by atoms with Crippen molar-refractivity contribution in [3.05, 3.63) is 28.2 Å². The molecule has 9 heteroatoms. The molecule has 1 aromatic carbocycles. The van der Waals surface area contributed by atoms with Crippen LogP contribution in [0, 0.1) is 0 Å². The van der Waals surface area contributed by atoms with Crippen molar-refractivity contribution >= 4 is 45.0 Å². The number of imide groups is 1. The molecular formula is C13H12Cl2N2O4S. The Hall–Kier alpha value is -1.15. The van der Waals surface area contributed by atoms with Gasteiger partial charge in [-0.25, -0.2) is 8.42 Å². The van der Waals surface area contributed by atoms with Crippen LogP contribution in [-0.2, 0) is 19.6 Å². The van der Waals surface area contributed by atoms with E-state index in [-0.39, 0.29) is 52.7 Å². The number of hydrogen-bond acceptors (Lipinski definition) is 4. The first-order valence-electron chi connectivity index (χ1n) is 6.61. The van der Waals surface area contributed by atoms with Gasteiger partial charge in [0, 0.05) is 31.0 Å². The molecule has 118 valence electrons. The topological polar surface area (TPSA) is 74.8 Å². The highest BCUT2D eigenvalue weighted by Gasteiger charge is 2.45. The zero-order chi connectivity index (χ0) is 16.1. The van der Waals surface area contributed by atoms with E-state index in [1.165, 1.54) is 27.4 Å². The third-order valence-electron chi connectivity index (χ3n) is 3.80. The lowest BCUT2D eigenvalue weighted by atomic mass is 10.1. The van der Waals surface area contributed by atoms with E-state index >= 15 is 0 Å². The molecule has 0 bridgehead atoms. The van der Waals surface area contributed by atoms with E-state index in [4.69, 9.17) is 23.2 Å². The van der Waals surface area contributed by atoms with Crippen LogP contribution in [0.1, 0.15) is 12.8 Å². The fraction of sp³-hybridized carbons (Fsp3) is 0.385. The fourth-order valence-corrected chi connectivity index (χ4v) is 4.84. The molecule has 2 fully saturated rings. The van der Waals surface area contributed by atoms with Crippen molar-refractivity contribution in [3.63, 3.8) is 0 Å². The molecule has 0 spiro atoms. The van der Waals surface area contributed by atoms with Gasteiger partial charge in [0.2, 0.25) is 21.8 Å². The SMILES string of the molecule is O=C1CCC(=O)N1C1CN(S(=O)(=O)c2cc(Cl)ccc2Cl)C1. The molecule has 2 amide bonds. The first-order valence-corrected chi connectivity index (χ1v) is 8.80. The molecule has 6 nitrogen and oxygen atoms in total. The Morgan fingerprint density at radius 3 is 2.23 bits per heavy atom. The summed E-state index contributed by atoms with van der Waals surface area (Å²) in [5.74, 6) is -0.485. The first-order chi connectivity index (χ1) is 10.3. The highest BCUT2D eigenvalue weighted by atomic mass is 35.5. The number of rotatable bonds is 3. The van der Waals surface area contributed by atoms with Gasteiger partial charge in [-0.1, -0.05) is 23.2 Å². The highest BCUT2D eigenvalue weighted by Crippen LogP contribution is 2.32. The average Bonchev–Trinajstić information content (AvgIpc) is 2.71. The van der Waals surface area contributed by atoms with Gasteiger partial charge in [-0.2, -0.15) is 4.31 Å². The van der Waals surface area contributed by atoms with Crippen LogP contribution in [0.2, 0.25) is 10.0 Å². The van der Waals surface area contributed by atoms with E-state index in [0.29, 0.717) is 0 Å². The van der Waals surface area contributed by atoms with E-state index in [2.05, 4.69) is 0 Å². The second-order valence-corrected chi connectivity index (χ2v) is 7.96. The second kappa shape index (κ2) is 5.49. The van der Waals surface area contributed by atoms with Gasteiger partial charge in [0.05, 0.1) is 11.1 Å². The minimum Gasteiger partial charge on any atom is -0.277 e. The number of amides is 2. The number of halogens is 2. The number of benzene rings is 1. The van der Waals surface area contributed by atoms with Gasteiger partial charge >= 0.3 is 0 Å². The van der Waals surface area contributed by atoms with E-state index < -0.39 is 16.1 Å². The Balaban J connectivity index is 1.78. The lowest BCUT2D eigenvalue weighted by Gasteiger charge is -2.41. The van der Waals surface area contributed by atoms with Crippen molar-refractivity contribution < 1.29 is 18.0 Å². The normalized spacial score (nSPS) is 20.5. The lowest BCUT2D eigenvalue weighted by Crippen LogP contribution is -2.62. The van der Waals surface area contributed by atoms with Crippen molar-refractivity contribution in [1.82, 2.24) is 9.21 Å². The molecule has 2 heterocycles.